The molecule has 19 heteroatoms. The number of rotatable bonds is 11. The summed E-state index contributed by atoms with van der Waals surface area (Å²) in [5.41, 5.74) is -7.84. The number of alkyl halides is 10. The van der Waals surface area contributed by atoms with Gasteiger partial charge in [-0.15, -0.1) is 0 Å². The molecule has 8 nitrogen and oxygen atoms in total. The summed E-state index contributed by atoms with van der Waals surface area (Å²) in [6.45, 7) is 1.39. The molecule has 1 saturated carbocycles. The van der Waals surface area contributed by atoms with Crippen molar-refractivity contribution in [3.05, 3.63) is 12.2 Å². The highest BCUT2D eigenvalue weighted by molar-refractivity contribution is 7.87. The Morgan fingerprint density at radius 1 is 0.872 bits per heavy atom. The Balaban J connectivity index is 2.93. The standard InChI is InChI=1S/C20H26F10O8S/c1-10(9-37-5-4-17(21,22)20(29,30)39(34,35)36)14(31)38-13-7-11(15(2,32)18(23,24)25)6-12(8-13)16(3,33)19(26,27)28/h11-13,32-33H,1,4-9H2,2-3H3,(H,34,35,36). The quantitative estimate of drug-likeness (QED) is 0.104. The van der Waals surface area contributed by atoms with Gasteiger partial charge in [-0.3, -0.25) is 4.55 Å². The average molecular weight is 616 g/mol. The maximum absolute atomic E-state index is 13.4. The summed E-state index contributed by atoms with van der Waals surface area (Å²) in [4.78, 5) is 12.2. The number of carbonyl (C=O) groups excluding carboxylic acids is 1. The van der Waals surface area contributed by atoms with Gasteiger partial charge in [0.2, 0.25) is 0 Å². The molecule has 0 radical (unpaired) electrons. The molecule has 0 aromatic carbocycles. The number of hydrogen-bond acceptors (Lipinski definition) is 7. The molecule has 4 atom stereocenters. The third kappa shape index (κ3) is 7.74. The van der Waals surface area contributed by atoms with Gasteiger partial charge in [0.15, 0.2) is 11.2 Å². The molecular weight excluding hydrogens is 590 g/mol. The van der Waals surface area contributed by atoms with Crippen LogP contribution in [0.4, 0.5) is 43.9 Å². The Morgan fingerprint density at radius 2 is 1.28 bits per heavy atom. The molecule has 0 amide bonds. The summed E-state index contributed by atoms with van der Waals surface area (Å²) in [5.74, 6) is -10.7. The minimum atomic E-state index is -6.50. The zero-order chi connectivity index (χ0) is 31.0. The van der Waals surface area contributed by atoms with Gasteiger partial charge in [0, 0.05) is 18.3 Å². The van der Waals surface area contributed by atoms with Crippen molar-refractivity contribution >= 4 is 16.1 Å². The predicted molar refractivity (Wildman–Crippen MR) is 110 cm³/mol. The zero-order valence-corrected chi connectivity index (χ0v) is 21.1. The Labute approximate surface area is 215 Å². The van der Waals surface area contributed by atoms with Crippen LogP contribution in [0.25, 0.3) is 0 Å². The van der Waals surface area contributed by atoms with E-state index in [9.17, 15) is 67.3 Å². The molecule has 230 valence electrons. The Morgan fingerprint density at radius 3 is 1.64 bits per heavy atom. The van der Waals surface area contributed by atoms with Crippen molar-refractivity contribution in [1.29, 1.82) is 0 Å². The first-order chi connectivity index (χ1) is 17.1. The first-order valence-corrected chi connectivity index (χ1v) is 12.3. The second-order valence-corrected chi connectivity index (χ2v) is 11.0. The lowest BCUT2D eigenvalue weighted by atomic mass is 9.67. The van der Waals surface area contributed by atoms with E-state index in [1.807, 2.05) is 0 Å². The van der Waals surface area contributed by atoms with Crippen molar-refractivity contribution in [3.8, 4) is 0 Å². The molecule has 0 heterocycles. The third-order valence-electron chi connectivity index (χ3n) is 6.55. The summed E-state index contributed by atoms with van der Waals surface area (Å²) in [6, 6.07) is 0. The van der Waals surface area contributed by atoms with E-state index in [-0.39, 0.29) is 0 Å². The van der Waals surface area contributed by atoms with Gasteiger partial charge in [-0.1, -0.05) is 6.58 Å². The molecule has 0 spiro atoms. The van der Waals surface area contributed by atoms with E-state index in [1.165, 1.54) is 0 Å². The van der Waals surface area contributed by atoms with Crippen LogP contribution in [0.1, 0.15) is 39.5 Å². The number of aliphatic hydroxyl groups is 2. The highest BCUT2D eigenvalue weighted by Crippen LogP contribution is 2.50. The lowest BCUT2D eigenvalue weighted by Gasteiger charge is -2.46. The highest BCUT2D eigenvalue weighted by Gasteiger charge is 2.65. The average Bonchev–Trinajstić information content (AvgIpc) is 2.73. The van der Waals surface area contributed by atoms with E-state index in [1.54, 1.807) is 0 Å². The molecule has 0 bridgehead atoms. The van der Waals surface area contributed by atoms with Gasteiger partial charge < -0.3 is 19.7 Å². The molecule has 3 N–H and O–H groups in total. The van der Waals surface area contributed by atoms with Crippen molar-refractivity contribution in [2.75, 3.05) is 13.2 Å². The molecule has 1 aliphatic rings. The minimum Gasteiger partial charge on any atom is -0.459 e. The van der Waals surface area contributed by atoms with E-state index in [0.29, 0.717) is 13.8 Å². The van der Waals surface area contributed by atoms with Crippen LogP contribution in [0.15, 0.2) is 12.2 Å². The fourth-order valence-electron chi connectivity index (χ4n) is 3.77. The van der Waals surface area contributed by atoms with Crippen molar-refractivity contribution < 1.29 is 81.4 Å². The monoisotopic (exact) mass is 616 g/mol. The molecule has 39 heavy (non-hydrogen) atoms. The molecule has 0 aromatic heterocycles. The number of esters is 1. The van der Waals surface area contributed by atoms with Crippen molar-refractivity contribution in [2.45, 2.75) is 80.4 Å². The Bertz CT molecular complexity index is 971. The van der Waals surface area contributed by atoms with Crippen LogP contribution < -0.4 is 0 Å². The minimum absolute atomic E-state index is 0.301. The number of ether oxygens (including phenoxy) is 2. The molecule has 0 saturated heterocycles. The van der Waals surface area contributed by atoms with E-state index < -0.39 is 113 Å². The van der Waals surface area contributed by atoms with Crippen LogP contribution >= 0.6 is 0 Å². The van der Waals surface area contributed by atoms with E-state index >= 15 is 0 Å². The van der Waals surface area contributed by atoms with Crippen LogP contribution in [0, 0.1) is 11.8 Å². The summed E-state index contributed by atoms with van der Waals surface area (Å²) in [6.07, 6.45) is -16.9. The van der Waals surface area contributed by atoms with Gasteiger partial charge in [-0.2, -0.15) is 52.3 Å². The van der Waals surface area contributed by atoms with Crippen LogP contribution in [0.2, 0.25) is 0 Å². The lowest BCUT2D eigenvalue weighted by Crippen LogP contribution is -2.57. The van der Waals surface area contributed by atoms with Crippen molar-refractivity contribution in [1.82, 2.24) is 0 Å². The van der Waals surface area contributed by atoms with Crippen LogP contribution in [0.5, 0.6) is 0 Å². The first-order valence-electron chi connectivity index (χ1n) is 10.9. The zero-order valence-electron chi connectivity index (χ0n) is 20.3. The lowest BCUT2D eigenvalue weighted by molar-refractivity contribution is -0.299. The maximum atomic E-state index is 13.4. The van der Waals surface area contributed by atoms with Gasteiger partial charge >= 0.3 is 39.6 Å². The second-order valence-electron chi connectivity index (χ2n) is 9.52. The predicted octanol–water partition coefficient (Wildman–Crippen LogP) is 4.02. The van der Waals surface area contributed by atoms with Crippen LogP contribution in [-0.4, -0.2) is 83.2 Å². The number of carbonyl (C=O) groups is 1. The number of hydrogen-bond donors (Lipinski definition) is 3. The summed E-state index contributed by atoms with van der Waals surface area (Å²) >= 11 is 0. The third-order valence-corrected chi connectivity index (χ3v) is 7.50. The van der Waals surface area contributed by atoms with E-state index in [2.05, 4.69) is 11.3 Å². The largest absolute Gasteiger partial charge is 0.459 e. The van der Waals surface area contributed by atoms with Gasteiger partial charge in [0.05, 0.1) is 18.8 Å². The van der Waals surface area contributed by atoms with E-state index in [4.69, 9.17) is 9.29 Å². The van der Waals surface area contributed by atoms with Crippen molar-refractivity contribution in [3.63, 3.8) is 0 Å². The maximum Gasteiger partial charge on any atom is 0.431 e. The molecule has 1 fully saturated rings. The smallest absolute Gasteiger partial charge is 0.431 e. The molecular formula is C20H26F10O8S. The topological polar surface area (TPSA) is 130 Å². The SMILES string of the molecule is C=C(COCCC(F)(F)C(F)(F)S(=O)(=O)O)C(=O)OC1CC(C(C)(O)C(F)(F)F)CC(C(C)(O)C(F)(F)F)C1. The number of halogens is 10. The fraction of sp³-hybridized carbons (Fsp3) is 0.850. The van der Waals surface area contributed by atoms with E-state index in [0.717, 1.165) is 0 Å². The highest BCUT2D eigenvalue weighted by atomic mass is 32.2. The van der Waals surface area contributed by atoms with Gasteiger partial charge in [-0.05, 0) is 33.1 Å². The Hall–Kier alpha value is -1.70. The second kappa shape index (κ2) is 11.3. The molecule has 1 aliphatic carbocycles. The summed E-state index contributed by atoms with van der Waals surface area (Å²) in [7, 11) is -6.50. The Kier molecular flexibility index (Phi) is 10.2. The molecule has 4 unspecified atom stereocenters. The van der Waals surface area contributed by atoms with Crippen LogP contribution in [-0.2, 0) is 24.4 Å². The molecule has 1 rings (SSSR count). The van der Waals surface area contributed by atoms with Gasteiger partial charge in [-0.25, -0.2) is 4.79 Å². The molecule has 0 aliphatic heterocycles. The summed E-state index contributed by atoms with van der Waals surface area (Å²) < 4.78 is 172. The normalized spacial score (nSPS) is 24.9. The summed E-state index contributed by atoms with van der Waals surface area (Å²) in [5, 5.41) is 14.1. The first kappa shape index (κ1) is 35.3. The van der Waals surface area contributed by atoms with Crippen LogP contribution in [0.3, 0.4) is 0 Å². The van der Waals surface area contributed by atoms with Gasteiger partial charge in [0.25, 0.3) is 0 Å². The molecule has 0 aromatic rings. The van der Waals surface area contributed by atoms with Crippen molar-refractivity contribution in [2.24, 2.45) is 11.8 Å². The van der Waals surface area contributed by atoms with Gasteiger partial charge in [0.1, 0.15) is 6.10 Å². The fourth-order valence-corrected chi connectivity index (χ4v) is 4.25.